The highest BCUT2D eigenvalue weighted by Crippen LogP contribution is 2.39. The van der Waals surface area contributed by atoms with Crippen LogP contribution in [0.25, 0.3) is 0 Å². The third kappa shape index (κ3) is 1.93. The number of primary amides is 1. The lowest BCUT2D eigenvalue weighted by atomic mass is 9.94. The highest BCUT2D eigenvalue weighted by atomic mass is 16.6. The summed E-state index contributed by atoms with van der Waals surface area (Å²) in [5.41, 5.74) is 4.09. The molecule has 110 valence electrons. The molecule has 1 aliphatic heterocycles. The maximum Gasteiger partial charge on any atom is 0.340 e. The number of anilines is 1. The van der Waals surface area contributed by atoms with E-state index in [-0.39, 0.29) is 11.1 Å². The second-order valence-corrected chi connectivity index (χ2v) is 4.80. The van der Waals surface area contributed by atoms with Gasteiger partial charge in [-0.3, -0.25) is 9.59 Å². The van der Waals surface area contributed by atoms with Gasteiger partial charge in [0.2, 0.25) is 0 Å². The average molecular weight is 296 g/mol. The summed E-state index contributed by atoms with van der Waals surface area (Å²) in [5, 5.41) is 2.51. The van der Waals surface area contributed by atoms with E-state index in [2.05, 4.69) is 5.32 Å². The molecule has 0 saturated heterocycles. The molecule has 0 saturated carbocycles. The maximum absolute atomic E-state index is 12.3. The van der Waals surface area contributed by atoms with E-state index in [9.17, 15) is 14.4 Å². The Hall–Kier alpha value is -3.15. The average Bonchev–Trinajstić information content (AvgIpc) is 2.81. The summed E-state index contributed by atoms with van der Waals surface area (Å²) in [6, 6.07) is 14.5. The molecular formula is C16H12N2O4. The summed E-state index contributed by atoms with van der Waals surface area (Å²) in [6.07, 6.45) is 0. The zero-order valence-corrected chi connectivity index (χ0v) is 11.4. The Balaban J connectivity index is 2.06. The lowest BCUT2D eigenvalue weighted by Gasteiger charge is -2.23. The van der Waals surface area contributed by atoms with E-state index in [4.69, 9.17) is 10.5 Å². The molecular weight excluding hydrogens is 284 g/mol. The van der Waals surface area contributed by atoms with Crippen molar-refractivity contribution in [1.82, 2.24) is 0 Å². The van der Waals surface area contributed by atoms with Gasteiger partial charge in [-0.1, -0.05) is 36.4 Å². The van der Waals surface area contributed by atoms with Crippen LogP contribution >= 0.6 is 0 Å². The van der Waals surface area contributed by atoms with Gasteiger partial charge >= 0.3 is 5.97 Å². The van der Waals surface area contributed by atoms with Crippen molar-refractivity contribution < 1.29 is 19.1 Å². The van der Waals surface area contributed by atoms with Gasteiger partial charge in [0.15, 0.2) is 0 Å². The van der Waals surface area contributed by atoms with Gasteiger partial charge in [-0.25, -0.2) is 4.79 Å². The molecule has 6 nitrogen and oxygen atoms in total. The van der Waals surface area contributed by atoms with Crippen molar-refractivity contribution in [2.24, 2.45) is 5.73 Å². The lowest BCUT2D eigenvalue weighted by Crippen LogP contribution is -2.50. The minimum atomic E-state index is -2.15. The molecule has 1 heterocycles. The van der Waals surface area contributed by atoms with Gasteiger partial charge in [-0.05, 0) is 18.2 Å². The van der Waals surface area contributed by atoms with Crippen LogP contribution in [0.3, 0.4) is 0 Å². The number of para-hydroxylation sites is 1. The number of carbonyl (C=O) groups is 3. The van der Waals surface area contributed by atoms with Crippen molar-refractivity contribution >= 4 is 23.5 Å². The number of hydrogen-bond acceptors (Lipinski definition) is 4. The number of ether oxygens (including phenoxy) is 1. The highest BCUT2D eigenvalue weighted by Gasteiger charge is 2.55. The number of esters is 1. The van der Waals surface area contributed by atoms with Crippen molar-refractivity contribution in [3.63, 3.8) is 0 Å². The molecule has 3 rings (SSSR count). The Morgan fingerprint density at radius 2 is 1.64 bits per heavy atom. The minimum Gasteiger partial charge on any atom is -0.430 e. The zero-order valence-electron chi connectivity index (χ0n) is 11.4. The lowest BCUT2D eigenvalue weighted by molar-refractivity contribution is -0.149. The Morgan fingerprint density at radius 3 is 2.32 bits per heavy atom. The van der Waals surface area contributed by atoms with Crippen molar-refractivity contribution in [1.29, 1.82) is 0 Å². The quantitative estimate of drug-likeness (QED) is 0.656. The smallest absolute Gasteiger partial charge is 0.340 e. The second kappa shape index (κ2) is 5.00. The highest BCUT2D eigenvalue weighted by molar-refractivity contribution is 6.20. The van der Waals surface area contributed by atoms with Crippen LogP contribution in [-0.4, -0.2) is 17.8 Å². The van der Waals surface area contributed by atoms with Gasteiger partial charge in [0.1, 0.15) is 0 Å². The van der Waals surface area contributed by atoms with E-state index in [0.29, 0.717) is 5.69 Å². The molecule has 0 spiro atoms. The van der Waals surface area contributed by atoms with Crippen molar-refractivity contribution in [3.05, 3.63) is 65.7 Å². The van der Waals surface area contributed by atoms with Gasteiger partial charge in [0, 0.05) is 11.3 Å². The van der Waals surface area contributed by atoms with E-state index < -0.39 is 23.4 Å². The number of hydrogen-bond donors (Lipinski definition) is 2. The van der Waals surface area contributed by atoms with E-state index in [1.54, 1.807) is 36.4 Å². The fourth-order valence-electron chi connectivity index (χ4n) is 2.40. The number of nitrogens with two attached hydrogens (primary N) is 1. The first-order valence-corrected chi connectivity index (χ1v) is 6.55. The van der Waals surface area contributed by atoms with Crippen LogP contribution in [0, 0.1) is 0 Å². The van der Waals surface area contributed by atoms with Crippen molar-refractivity contribution in [2.75, 3.05) is 5.32 Å². The number of rotatable bonds is 3. The van der Waals surface area contributed by atoms with Crippen molar-refractivity contribution in [2.45, 2.75) is 5.60 Å². The predicted molar refractivity (Wildman–Crippen MR) is 77.8 cm³/mol. The summed E-state index contributed by atoms with van der Waals surface area (Å²) in [7, 11) is 0. The topological polar surface area (TPSA) is 98.5 Å². The largest absolute Gasteiger partial charge is 0.430 e. The molecule has 3 N–H and O–H groups in total. The van der Waals surface area contributed by atoms with Gasteiger partial charge < -0.3 is 15.8 Å². The van der Waals surface area contributed by atoms with Gasteiger partial charge in [0.05, 0.1) is 5.56 Å². The van der Waals surface area contributed by atoms with Crippen LogP contribution in [0.1, 0.15) is 15.9 Å². The summed E-state index contributed by atoms with van der Waals surface area (Å²) >= 11 is 0. The van der Waals surface area contributed by atoms with Crippen LogP contribution in [-0.2, 0) is 19.9 Å². The van der Waals surface area contributed by atoms with E-state index in [1.807, 2.05) is 0 Å². The normalized spacial score (nSPS) is 19.2. The fourth-order valence-corrected chi connectivity index (χ4v) is 2.40. The molecule has 2 amide bonds. The van der Waals surface area contributed by atoms with Gasteiger partial charge in [-0.2, -0.15) is 0 Å². The number of amides is 2. The monoisotopic (exact) mass is 296 g/mol. The SMILES string of the molecule is NC(=O)C1(OC(=O)c2ccccc2)C(=O)Nc2ccccc21. The standard InChI is InChI=1S/C16H12N2O4/c17-14(20)16(22-13(19)10-6-2-1-3-7-10)11-8-4-5-9-12(11)18-15(16)21/h1-9H,(H2,17,20)(H,18,21). The molecule has 0 aromatic heterocycles. The Labute approximate surface area is 125 Å². The fraction of sp³-hybridized carbons (Fsp3) is 0.0625. The van der Waals surface area contributed by atoms with Crippen LogP contribution < -0.4 is 11.1 Å². The van der Waals surface area contributed by atoms with E-state index in [1.165, 1.54) is 18.2 Å². The Kier molecular flexibility index (Phi) is 3.14. The molecule has 1 aliphatic rings. The summed E-state index contributed by atoms with van der Waals surface area (Å²) in [5.74, 6) is -2.61. The molecule has 0 bridgehead atoms. The first-order valence-electron chi connectivity index (χ1n) is 6.55. The molecule has 2 aromatic rings. The number of fused-ring (bicyclic) bond motifs is 1. The van der Waals surface area contributed by atoms with Crippen LogP contribution in [0.15, 0.2) is 54.6 Å². The molecule has 6 heteroatoms. The first-order chi connectivity index (χ1) is 10.6. The first kappa shape index (κ1) is 13.8. The second-order valence-electron chi connectivity index (χ2n) is 4.80. The van der Waals surface area contributed by atoms with Gasteiger partial charge in [0.25, 0.3) is 17.4 Å². The third-order valence-corrected chi connectivity index (χ3v) is 3.48. The molecule has 2 aromatic carbocycles. The summed E-state index contributed by atoms with van der Waals surface area (Å²) < 4.78 is 5.26. The molecule has 0 fully saturated rings. The van der Waals surface area contributed by atoms with Crippen molar-refractivity contribution in [3.8, 4) is 0 Å². The van der Waals surface area contributed by atoms with Crippen LogP contribution in [0.4, 0.5) is 5.69 Å². The van der Waals surface area contributed by atoms with Crippen LogP contribution in [0.2, 0.25) is 0 Å². The predicted octanol–water partition coefficient (Wildman–Crippen LogP) is 1.18. The Bertz CT molecular complexity index is 773. The number of nitrogens with one attached hydrogen (secondary N) is 1. The molecule has 0 radical (unpaired) electrons. The molecule has 1 atom stereocenters. The van der Waals surface area contributed by atoms with Gasteiger partial charge in [-0.15, -0.1) is 0 Å². The number of carbonyl (C=O) groups excluding carboxylic acids is 3. The Morgan fingerprint density at radius 1 is 1.00 bits per heavy atom. The number of benzene rings is 2. The van der Waals surface area contributed by atoms with E-state index >= 15 is 0 Å². The van der Waals surface area contributed by atoms with Crippen LogP contribution in [0.5, 0.6) is 0 Å². The maximum atomic E-state index is 12.3. The minimum absolute atomic E-state index is 0.223. The molecule has 22 heavy (non-hydrogen) atoms. The third-order valence-electron chi connectivity index (χ3n) is 3.48. The molecule has 1 unspecified atom stereocenters. The zero-order chi connectivity index (χ0) is 15.7. The molecule has 0 aliphatic carbocycles. The van der Waals surface area contributed by atoms with E-state index in [0.717, 1.165) is 0 Å². The summed E-state index contributed by atoms with van der Waals surface area (Å²) in [4.78, 5) is 36.5. The summed E-state index contributed by atoms with van der Waals surface area (Å²) in [6.45, 7) is 0.